The number of sulfonamides is 1. The van der Waals surface area contributed by atoms with Crippen molar-refractivity contribution in [1.29, 1.82) is 0 Å². The van der Waals surface area contributed by atoms with E-state index in [1.165, 1.54) is 20.1 Å². The predicted octanol–water partition coefficient (Wildman–Crippen LogP) is -0.380. The molecule has 0 aliphatic carbocycles. The summed E-state index contributed by atoms with van der Waals surface area (Å²) in [5.74, 6) is -2.00. The first-order valence-electron chi connectivity index (χ1n) is 5.07. The highest BCUT2D eigenvalue weighted by Crippen LogP contribution is 2.09. The summed E-state index contributed by atoms with van der Waals surface area (Å²) >= 11 is 0. The molecule has 1 heterocycles. The van der Waals surface area contributed by atoms with Gasteiger partial charge in [0.1, 0.15) is 16.6 Å². The van der Waals surface area contributed by atoms with Crippen LogP contribution in [0.2, 0.25) is 0 Å². The van der Waals surface area contributed by atoms with Gasteiger partial charge in [0.25, 0.3) is 0 Å². The molecule has 0 aliphatic heterocycles. The average Bonchev–Trinajstić information content (AvgIpc) is 2.37. The molecule has 0 fully saturated rings. The lowest BCUT2D eigenvalue weighted by Gasteiger charge is -2.09. The van der Waals surface area contributed by atoms with Crippen LogP contribution in [0.5, 0.6) is 0 Å². The van der Waals surface area contributed by atoms with Gasteiger partial charge in [-0.25, -0.2) is 18.2 Å². The van der Waals surface area contributed by atoms with Gasteiger partial charge >= 0.3 is 11.9 Å². The fourth-order valence-corrected chi connectivity index (χ4v) is 2.26. The number of ether oxygens (including phenoxy) is 1. The lowest BCUT2D eigenvalue weighted by molar-refractivity contribution is -0.138. The molecule has 1 aromatic heterocycles. The number of nitrogens with zero attached hydrogens (tertiary/aromatic N) is 1. The monoisotopic (exact) mass is 288 g/mol. The Morgan fingerprint density at radius 2 is 2.05 bits per heavy atom. The first kappa shape index (κ1) is 15.1. The summed E-state index contributed by atoms with van der Waals surface area (Å²) in [5.41, 5.74) is -0.0484. The van der Waals surface area contributed by atoms with E-state index in [1.54, 1.807) is 0 Å². The van der Waals surface area contributed by atoms with Crippen LogP contribution in [0.4, 0.5) is 0 Å². The van der Waals surface area contributed by atoms with Gasteiger partial charge in [0, 0.05) is 6.20 Å². The molecule has 0 aromatic carbocycles. The number of pyridine rings is 1. The third kappa shape index (κ3) is 3.73. The van der Waals surface area contributed by atoms with Crippen molar-refractivity contribution in [3.63, 3.8) is 0 Å². The van der Waals surface area contributed by atoms with E-state index >= 15 is 0 Å². The van der Waals surface area contributed by atoms with Crippen LogP contribution in [0.3, 0.4) is 0 Å². The molecule has 0 unspecified atom stereocenters. The number of carbonyl (C=O) groups excluding carboxylic acids is 1. The van der Waals surface area contributed by atoms with Crippen molar-refractivity contribution in [3.05, 3.63) is 24.0 Å². The Morgan fingerprint density at radius 3 is 2.47 bits per heavy atom. The highest BCUT2D eigenvalue weighted by atomic mass is 32.2. The van der Waals surface area contributed by atoms with Crippen molar-refractivity contribution in [2.24, 2.45) is 0 Å². The van der Waals surface area contributed by atoms with Crippen LogP contribution < -0.4 is 4.72 Å². The molecule has 0 amide bonds. The quantitative estimate of drug-likeness (QED) is 0.708. The van der Waals surface area contributed by atoms with Gasteiger partial charge < -0.3 is 9.84 Å². The van der Waals surface area contributed by atoms with Gasteiger partial charge in [-0.05, 0) is 19.1 Å². The number of methoxy groups -OCH3 is 1. The smallest absolute Gasteiger partial charge is 0.356 e. The highest BCUT2D eigenvalue weighted by molar-refractivity contribution is 7.89. The fraction of sp³-hybridized carbons (Fsp3) is 0.300. The summed E-state index contributed by atoms with van der Waals surface area (Å²) in [4.78, 5) is 25.1. The van der Waals surface area contributed by atoms with E-state index in [2.05, 4.69) is 9.72 Å². The lowest BCUT2D eigenvalue weighted by atomic mass is 10.3. The Labute approximate surface area is 109 Å². The Morgan fingerprint density at radius 1 is 1.42 bits per heavy atom. The number of carboxylic acids is 1. The van der Waals surface area contributed by atoms with Crippen molar-refractivity contribution in [2.45, 2.75) is 17.9 Å². The van der Waals surface area contributed by atoms with Gasteiger partial charge in [-0.3, -0.25) is 4.79 Å². The second-order valence-electron chi connectivity index (χ2n) is 3.55. The van der Waals surface area contributed by atoms with Crippen LogP contribution in [0, 0.1) is 0 Å². The van der Waals surface area contributed by atoms with Crippen molar-refractivity contribution < 1.29 is 27.9 Å². The molecule has 0 saturated carbocycles. The maximum Gasteiger partial charge on any atom is 0.356 e. The SMILES string of the molecule is COC(=O)c1ccc(S(=O)(=O)N[C@@H](C)C(=O)O)cn1. The van der Waals surface area contributed by atoms with E-state index in [1.807, 2.05) is 4.72 Å². The minimum atomic E-state index is -4.00. The zero-order chi connectivity index (χ0) is 14.6. The van der Waals surface area contributed by atoms with Crippen LogP contribution in [-0.4, -0.2) is 43.6 Å². The number of hydrogen-bond donors (Lipinski definition) is 2. The van der Waals surface area contributed by atoms with E-state index in [-0.39, 0.29) is 10.6 Å². The topological polar surface area (TPSA) is 123 Å². The fourth-order valence-electron chi connectivity index (χ4n) is 1.12. The Balaban J connectivity index is 2.97. The number of hydrogen-bond acceptors (Lipinski definition) is 6. The summed E-state index contributed by atoms with van der Waals surface area (Å²) in [5, 5.41) is 8.64. The molecule has 9 heteroatoms. The van der Waals surface area contributed by atoms with Gasteiger partial charge in [0.05, 0.1) is 7.11 Å². The molecule has 0 bridgehead atoms. The van der Waals surface area contributed by atoms with Crippen LogP contribution >= 0.6 is 0 Å². The maximum atomic E-state index is 11.8. The number of esters is 1. The summed E-state index contributed by atoms with van der Waals surface area (Å²) in [6.07, 6.45) is 0.948. The number of aromatic nitrogens is 1. The van der Waals surface area contributed by atoms with Gasteiger partial charge in [0.15, 0.2) is 0 Å². The number of rotatable bonds is 5. The number of aliphatic carboxylic acids is 1. The average molecular weight is 288 g/mol. The molecule has 1 aromatic rings. The standard InChI is InChI=1S/C10H12N2O6S/c1-6(9(13)14)12-19(16,17)7-3-4-8(11-5-7)10(15)18-2/h3-6,12H,1-2H3,(H,13,14)/t6-/m0/s1. The predicted molar refractivity (Wildman–Crippen MR) is 63.0 cm³/mol. The van der Waals surface area contributed by atoms with Crippen LogP contribution in [0.25, 0.3) is 0 Å². The zero-order valence-electron chi connectivity index (χ0n) is 10.2. The lowest BCUT2D eigenvalue weighted by Crippen LogP contribution is -2.38. The summed E-state index contributed by atoms with van der Waals surface area (Å²) in [6, 6.07) is 1.03. The molecule has 0 radical (unpaired) electrons. The van der Waals surface area contributed by atoms with Gasteiger partial charge in [0.2, 0.25) is 10.0 Å². The van der Waals surface area contributed by atoms with Crippen LogP contribution in [0.1, 0.15) is 17.4 Å². The minimum absolute atomic E-state index is 0.0484. The van der Waals surface area contributed by atoms with Crippen molar-refractivity contribution in [1.82, 2.24) is 9.71 Å². The Kier molecular flexibility index (Phi) is 4.57. The summed E-state index contributed by atoms with van der Waals surface area (Å²) < 4.78 is 29.9. The molecular formula is C10H12N2O6S. The number of carbonyl (C=O) groups is 2. The van der Waals surface area contributed by atoms with Crippen molar-refractivity contribution >= 4 is 22.0 Å². The van der Waals surface area contributed by atoms with Crippen molar-refractivity contribution in [3.8, 4) is 0 Å². The molecule has 0 aliphatic rings. The first-order valence-corrected chi connectivity index (χ1v) is 6.55. The second kappa shape index (κ2) is 5.76. The molecule has 1 atom stereocenters. The highest BCUT2D eigenvalue weighted by Gasteiger charge is 2.22. The van der Waals surface area contributed by atoms with E-state index < -0.39 is 28.0 Å². The minimum Gasteiger partial charge on any atom is -0.480 e. The Bertz CT molecular complexity index is 581. The van der Waals surface area contributed by atoms with Crippen molar-refractivity contribution in [2.75, 3.05) is 7.11 Å². The largest absolute Gasteiger partial charge is 0.480 e. The molecular weight excluding hydrogens is 276 g/mol. The first-order chi connectivity index (χ1) is 8.77. The summed E-state index contributed by atoms with van der Waals surface area (Å²) in [7, 11) is -2.83. The molecule has 0 saturated heterocycles. The molecule has 19 heavy (non-hydrogen) atoms. The normalized spacial score (nSPS) is 12.7. The summed E-state index contributed by atoms with van der Waals surface area (Å²) in [6.45, 7) is 1.19. The van der Waals surface area contributed by atoms with Crippen LogP contribution in [0.15, 0.2) is 23.2 Å². The molecule has 2 N–H and O–H groups in total. The van der Waals surface area contributed by atoms with E-state index in [0.717, 1.165) is 12.3 Å². The molecule has 1 rings (SSSR count). The number of carboxylic acid groups (broad SMARTS) is 1. The van der Waals surface area contributed by atoms with E-state index in [0.29, 0.717) is 0 Å². The van der Waals surface area contributed by atoms with E-state index in [9.17, 15) is 18.0 Å². The third-order valence-electron chi connectivity index (χ3n) is 2.14. The third-order valence-corrected chi connectivity index (χ3v) is 3.67. The maximum absolute atomic E-state index is 11.8. The van der Waals surface area contributed by atoms with Gasteiger partial charge in [-0.15, -0.1) is 0 Å². The van der Waals surface area contributed by atoms with Gasteiger partial charge in [-0.1, -0.05) is 0 Å². The zero-order valence-corrected chi connectivity index (χ0v) is 11.0. The molecule has 104 valence electrons. The molecule has 8 nitrogen and oxygen atoms in total. The number of nitrogens with one attached hydrogen (secondary N) is 1. The Hall–Kier alpha value is -2.00. The van der Waals surface area contributed by atoms with E-state index in [4.69, 9.17) is 5.11 Å². The van der Waals surface area contributed by atoms with Gasteiger partial charge in [-0.2, -0.15) is 4.72 Å². The molecule has 0 spiro atoms. The second-order valence-corrected chi connectivity index (χ2v) is 5.27. The van der Waals surface area contributed by atoms with Crippen LogP contribution in [-0.2, 0) is 19.6 Å².